The van der Waals surface area contributed by atoms with Crippen molar-refractivity contribution < 1.29 is 4.79 Å². The van der Waals surface area contributed by atoms with Crippen LogP contribution >= 0.6 is 0 Å². The molecule has 0 aromatic heterocycles. The van der Waals surface area contributed by atoms with Crippen LogP contribution in [0.25, 0.3) is 0 Å². The minimum absolute atomic E-state index is 0.0754. The van der Waals surface area contributed by atoms with Gasteiger partial charge in [0.05, 0.1) is 19.0 Å². The molecule has 0 unspecified atom stereocenters. The van der Waals surface area contributed by atoms with Gasteiger partial charge in [0.1, 0.15) is 0 Å². The molecule has 1 heterocycles. The van der Waals surface area contributed by atoms with Crippen LogP contribution in [0.1, 0.15) is 24.8 Å². The highest BCUT2D eigenvalue weighted by atomic mass is 16.2. The summed E-state index contributed by atoms with van der Waals surface area (Å²) in [6.07, 6.45) is 3.59. The van der Waals surface area contributed by atoms with Gasteiger partial charge in [0.15, 0.2) is 0 Å². The zero-order valence-electron chi connectivity index (χ0n) is 15.1. The number of likely N-dealkylation sites (tertiary alicyclic amines) is 1. The number of carbonyl (C=O) groups is 1. The van der Waals surface area contributed by atoms with E-state index in [1.807, 2.05) is 36.4 Å². The minimum Gasteiger partial charge on any atom is -0.310 e. The summed E-state index contributed by atoms with van der Waals surface area (Å²) in [7, 11) is 0. The number of hydrogen-bond acceptors (Lipinski definition) is 3. The van der Waals surface area contributed by atoms with E-state index in [4.69, 9.17) is 5.26 Å². The van der Waals surface area contributed by atoms with Crippen LogP contribution in [0, 0.1) is 11.3 Å². The average molecular weight is 347 g/mol. The van der Waals surface area contributed by atoms with Crippen molar-refractivity contribution in [3.63, 3.8) is 0 Å². The third-order valence-corrected chi connectivity index (χ3v) is 4.97. The van der Waals surface area contributed by atoms with Gasteiger partial charge >= 0.3 is 0 Å². The molecule has 1 atom stereocenters. The Labute approximate surface area is 155 Å². The largest absolute Gasteiger partial charge is 0.310 e. The van der Waals surface area contributed by atoms with Crippen LogP contribution in [0.15, 0.2) is 60.7 Å². The van der Waals surface area contributed by atoms with E-state index in [0.29, 0.717) is 25.6 Å². The normalized spacial score (nSPS) is 17.0. The molecule has 0 saturated carbocycles. The number of nitriles is 1. The molecule has 4 heteroatoms. The molecule has 0 N–H and O–H groups in total. The molecule has 26 heavy (non-hydrogen) atoms. The van der Waals surface area contributed by atoms with Crippen molar-refractivity contribution in [3.05, 3.63) is 66.2 Å². The number of nitrogens with zero attached hydrogens (tertiary/aromatic N) is 3. The molecular formula is C22H25N3O. The lowest BCUT2D eigenvalue weighted by Crippen LogP contribution is -2.43. The minimum atomic E-state index is 0.0754. The second-order valence-electron chi connectivity index (χ2n) is 6.75. The predicted molar refractivity (Wildman–Crippen MR) is 104 cm³/mol. The van der Waals surface area contributed by atoms with Gasteiger partial charge in [0.2, 0.25) is 5.91 Å². The van der Waals surface area contributed by atoms with Crippen molar-refractivity contribution in [2.75, 3.05) is 24.5 Å². The molecule has 1 fully saturated rings. The maximum Gasteiger partial charge on any atom is 0.241 e. The number of carbonyl (C=O) groups excluding carboxylic acids is 1. The number of benzene rings is 2. The summed E-state index contributed by atoms with van der Waals surface area (Å²) in [5.74, 6) is 0.0754. The molecule has 0 aliphatic carbocycles. The van der Waals surface area contributed by atoms with E-state index in [2.05, 4.69) is 35.2 Å². The molecule has 1 aliphatic heterocycles. The number of rotatable bonds is 7. The lowest BCUT2D eigenvalue weighted by atomic mass is 10.0. The highest BCUT2D eigenvalue weighted by Gasteiger charge is 2.28. The van der Waals surface area contributed by atoms with Crippen molar-refractivity contribution in [1.82, 2.24) is 4.90 Å². The van der Waals surface area contributed by atoms with Crippen LogP contribution in [0.3, 0.4) is 0 Å². The highest BCUT2D eigenvalue weighted by Crippen LogP contribution is 2.22. The fourth-order valence-electron chi connectivity index (χ4n) is 3.65. The van der Waals surface area contributed by atoms with Gasteiger partial charge in [-0.05, 0) is 43.5 Å². The Bertz CT molecular complexity index is 739. The first-order chi connectivity index (χ1) is 12.8. The van der Waals surface area contributed by atoms with Crippen molar-refractivity contribution in [2.24, 2.45) is 0 Å². The smallest absolute Gasteiger partial charge is 0.241 e. The van der Waals surface area contributed by atoms with E-state index in [-0.39, 0.29) is 5.91 Å². The molecular weight excluding hydrogens is 322 g/mol. The summed E-state index contributed by atoms with van der Waals surface area (Å²) in [6, 6.07) is 22.7. The molecule has 0 radical (unpaired) electrons. The lowest BCUT2D eigenvalue weighted by molar-refractivity contribution is -0.119. The maximum absolute atomic E-state index is 13.0. The second kappa shape index (κ2) is 9.17. The van der Waals surface area contributed by atoms with Gasteiger partial charge in [-0.15, -0.1) is 0 Å². The summed E-state index contributed by atoms with van der Waals surface area (Å²) in [4.78, 5) is 17.0. The van der Waals surface area contributed by atoms with Crippen molar-refractivity contribution in [1.29, 1.82) is 5.26 Å². The van der Waals surface area contributed by atoms with Crippen molar-refractivity contribution >= 4 is 11.6 Å². The summed E-state index contributed by atoms with van der Waals surface area (Å²) < 4.78 is 0. The zero-order valence-corrected chi connectivity index (χ0v) is 15.1. The molecule has 0 bridgehead atoms. The molecule has 1 saturated heterocycles. The van der Waals surface area contributed by atoms with Crippen LogP contribution < -0.4 is 4.90 Å². The molecule has 4 nitrogen and oxygen atoms in total. The number of anilines is 1. The van der Waals surface area contributed by atoms with Crippen LogP contribution in [-0.2, 0) is 11.2 Å². The summed E-state index contributed by atoms with van der Waals surface area (Å²) in [5.41, 5.74) is 2.19. The van der Waals surface area contributed by atoms with Crippen LogP contribution in [-0.4, -0.2) is 36.5 Å². The van der Waals surface area contributed by atoms with Crippen LogP contribution in [0.5, 0.6) is 0 Å². The Hall–Kier alpha value is -2.64. The molecule has 1 amide bonds. The van der Waals surface area contributed by atoms with E-state index < -0.39 is 0 Å². The summed E-state index contributed by atoms with van der Waals surface area (Å²) >= 11 is 0. The first-order valence-electron chi connectivity index (χ1n) is 9.28. The first-order valence-corrected chi connectivity index (χ1v) is 9.28. The lowest BCUT2D eigenvalue weighted by Gasteiger charge is -2.28. The van der Waals surface area contributed by atoms with E-state index >= 15 is 0 Å². The molecule has 0 spiro atoms. The van der Waals surface area contributed by atoms with E-state index in [0.717, 1.165) is 31.5 Å². The summed E-state index contributed by atoms with van der Waals surface area (Å²) in [6.45, 7) is 1.82. The molecule has 134 valence electrons. The fraction of sp³-hybridized carbons (Fsp3) is 0.364. The van der Waals surface area contributed by atoms with Crippen LogP contribution in [0.4, 0.5) is 5.69 Å². The molecule has 1 aliphatic rings. The monoisotopic (exact) mass is 347 g/mol. The zero-order chi connectivity index (χ0) is 18.2. The Morgan fingerprint density at radius 1 is 1.12 bits per heavy atom. The number of para-hydroxylation sites is 1. The topological polar surface area (TPSA) is 47.3 Å². The van der Waals surface area contributed by atoms with Crippen molar-refractivity contribution in [3.8, 4) is 6.07 Å². The van der Waals surface area contributed by atoms with Gasteiger partial charge in [-0.2, -0.15) is 5.26 Å². The highest BCUT2D eigenvalue weighted by molar-refractivity contribution is 5.94. The molecule has 2 aromatic rings. The molecule has 2 aromatic carbocycles. The Morgan fingerprint density at radius 3 is 2.50 bits per heavy atom. The van der Waals surface area contributed by atoms with E-state index in [9.17, 15) is 4.79 Å². The number of amides is 1. The first kappa shape index (κ1) is 18.2. The van der Waals surface area contributed by atoms with Crippen molar-refractivity contribution in [2.45, 2.75) is 31.7 Å². The quantitative estimate of drug-likeness (QED) is 0.768. The van der Waals surface area contributed by atoms with Gasteiger partial charge in [-0.1, -0.05) is 48.5 Å². The molecule has 3 rings (SSSR count). The standard InChI is InChI=1S/C22H25N3O/c23-14-8-16-25(20-11-5-2-6-12-20)22(26)18-24-15-7-13-21(24)17-19-9-3-1-4-10-19/h1-6,9-12,21H,7-8,13,15-18H2/t21-/m1/s1. The summed E-state index contributed by atoms with van der Waals surface area (Å²) in [5, 5.41) is 8.94. The van der Waals surface area contributed by atoms with Gasteiger partial charge in [-0.25, -0.2) is 0 Å². The Balaban J connectivity index is 1.67. The van der Waals surface area contributed by atoms with Gasteiger partial charge in [-0.3, -0.25) is 9.69 Å². The van der Waals surface area contributed by atoms with Crippen LogP contribution in [0.2, 0.25) is 0 Å². The number of hydrogen-bond donors (Lipinski definition) is 0. The average Bonchev–Trinajstić information content (AvgIpc) is 3.10. The predicted octanol–water partition coefficient (Wildman–Crippen LogP) is 3.64. The second-order valence-corrected chi connectivity index (χ2v) is 6.75. The fourth-order valence-corrected chi connectivity index (χ4v) is 3.65. The van der Waals surface area contributed by atoms with Gasteiger partial charge in [0, 0.05) is 18.3 Å². The third-order valence-electron chi connectivity index (χ3n) is 4.97. The SMILES string of the molecule is N#CCCN(C(=O)CN1CCC[C@@H]1Cc1ccccc1)c1ccccc1. The third kappa shape index (κ3) is 4.71. The Kier molecular flexibility index (Phi) is 6.40. The van der Waals surface area contributed by atoms with E-state index in [1.54, 1.807) is 4.90 Å². The van der Waals surface area contributed by atoms with Gasteiger partial charge in [0.25, 0.3) is 0 Å². The Morgan fingerprint density at radius 2 is 1.81 bits per heavy atom. The van der Waals surface area contributed by atoms with Gasteiger partial charge < -0.3 is 4.90 Å². The maximum atomic E-state index is 13.0. The van der Waals surface area contributed by atoms with E-state index in [1.165, 1.54) is 5.56 Å².